The lowest BCUT2D eigenvalue weighted by Crippen LogP contribution is -2.24. The lowest BCUT2D eigenvalue weighted by atomic mass is 10.0. The summed E-state index contributed by atoms with van der Waals surface area (Å²) in [5.41, 5.74) is 0.487. The molecule has 0 aliphatic carbocycles. The molecule has 0 amide bonds. The Balaban J connectivity index is 2.38. The minimum absolute atomic E-state index is 0.0700. The second kappa shape index (κ2) is 5.76. The number of hydrogen-bond acceptors (Lipinski definition) is 3. The van der Waals surface area contributed by atoms with E-state index in [1.807, 2.05) is 0 Å². The van der Waals surface area contributed by atoms with Crippen LogP contribution in [0.2, 0.25) is 5.02 Å². The molecule has 0 saturated carbocycles. The van der Waals surface area contributed by atoms with Crippen molar-refractivity contribution in [2.24, 2.45) is 0 Å². The van der Waals surface area contributed by atoms with Gasteiger partial charge in [-0.2, -0.15) is 0 Å². The van der Waals surface area contributed by atoms with E-state index in [0.29, 0.717) is 23.5 Å². The van der Waals surface area contributed by atoms with Gasteiger partial charge in [-0.1, -0.05) is 11.6 Å². The maximum absolute atomic E-state index is 14.1. The number of ether oxygens (including phenoxy) is 2. The maximum atomic E-state index is 14.1. The van der Waals surface area contributed by atoms with E-state index in [1.165, 1.54) is 20.3 Å². The third-order valence-electron chi connectivity index (χ3n) is 3.27. The Hall–Kier alpha value is -1.00. The highest BCUT2D eigenvalue weighted by atomic mass is 35.5. The third kappa shape index (κ3) is 2.54. The van der Waals surface area contributed by atoms with Crippen molar-refractivity contribution in [3.63, 3.8) is 0 Å². The highest BCUT2D eigenvalue weighted by Gasteiger charge is 2.23. The monoisotopic (exact) mass is 273 g/mol. The number of hydrogen-bond donors (Lipinski definition) is 1. The predicted molar refractivity (Wildman–Crippen MR) is 69.2 cm³/mol. The van der Waals surface area contributed by atoms with Crippen LogP contribution in [-0.2, 0) is 6.42 Å². The quantitative estimate of drug-likeness (QED) is 0.915. The van der Waals surface area contributed by atoms with Crippen molar-refractivity contribution in [2.75, 3.05) is 20.8 Å². The van der Waals surface area contributed by atoms with Gasteiger partial charge in [0.25, 0.3) is 0 Å². The Morgan fingerprint density at radius 3 is 2.78 bits per heavy atom. The van der Waals surface area contributed by atoms with Crippen LogP contribution < -0.4 is 14.8 Å². The molecule has 3 nitrogen and oxygen atoms in total. The van der Waals surface area contributed by atoms with Crippen LogP contribution in [0.3, 0.4) is 0 Å². The summed E-state index contributed by atoms with van der Waals surface area (Å²) in [6.45, 7) is 0.978. The average molecular weight is 274 g/mol. The van der Waals surface area contributed by atoms with Gasteiger partial charge in [0.2, 0.25) is 0 Å². The van der Waals surface area contributed by atoms with Crippen LogP contribution in [0.4, 0.5) is 4.39 Å². The molecule has 1 aliphatic rings. The molecule has 1 atom stereocenters. The molecule has 0 spiro atoms. The van der Waals surface area contributed by atoms with Gasteiger partial charge in [0, 0.05) is 17.7 Å². The van der Waals surface area contributed by atoms with Crippen LogP contribution in [-0.4, -0.2) is 26.8 Å². The Labute approximate surface area is 111 Å². The standard InChI is InChI=1S/C13H17ClFNO2/c1-17-11-7-10(14)12(15)9(13(11)18-2)6-8-4-3-5-16-8/h7-8,16H,3-6H2,1-2H3. The van der Waals surface area contributed by atoms with Crippen LogP contribution >= 0.6 is 11.6 Å². The van der Waals surface area contributed by atoms with Gasteiger partial charge in [0.15, 0.2) is 11.5 Å². The molecular formula is C13H17ClFNO2. The summed E-state index contributed by atoms with van der Waals surface area (Å²) in [5, 5.41) is 3.40. The first-order valence-corrected chi connectivity index (χ1v) is 6.37. The highest BCUT2D eigenvalue weighted by molar-refractivity contribution is 6.31. The zero-order chi connectivity index (χ0) is 13.1. The summed E-state index contributed by atoms with van der Waals surface area (Å²) in [7, 11) is 3.03. The Bertz CT molecular complexity index is 433. The van der Waals surface area contributed by atoms with Gasteiger partial charge in [-0.25, -0.2) is 4.39 Å². The first-order chi connectivity index (χ1) is 8.67. The molecule has 1 unspecified atom stereocenters. The fourth-order valence-corrected chi connectivity index (χ4v) is 2.58. The number of halogens is 2. The Morgan fingerprint density at radius 2 is 2.22 bits per heavy atom. The van der Waals surface area contributed by atoms with Crippen molar-refractivity contribution in [3.05, 3.63) is 22.5 Å². The van der Waals surface area contributed by atoms with Crippen molar-refractivity contribution >= 4 is 11.6 Å². The van der Waals surface area contributed by atoms with E-state index in [-0.39, 0.29) is 11.1 Å². The first-order valence-electron chi connectivity index (χ1n) is 5.99. The molecule has 0 radical (unpaired) electrons. The minimum Gasteiger partial charge on any atom is -0.493 e. The van der Waals surface area contributed by atoms with Crippen LogP contribution in [0.15, 0.2) is 6.07 Å². The van der Waals surface area contributed by atoms with E-state index >= 15 is 0 Å². The largest absolute Gasteiger partial charge is 0.493 e. The van der Waals surface area contributed by atoms with Gasteiger partial charge in [-0.3, -0.25) is 0 Å². The zero-order valence-electron chi connectivity index (χ0n) is 10.6. The molecule has 1 fully saturated rings. The number of methoxy groups -OCH3 is 2. The number of nitrogens with one attached hydrogen (secondary N) is 1. The molecule has 1 N–H and O–H groups in total. The van der Waals surface area contributed by atoms with Crippen LogP contribution in [0.25, 0.3) is 0 Å². The molecule has 1 heterocycles. The second-order valence-corrected chi connectivity index (χ2v) is 4.79. The van der Waals surface area contributed by atoms with Gasteiger partial charge in [0.05, 0.1) is 19.2 Å². The minimum atomic E-state index is -0.414. The van der Waals surface area contributed by atoms with Crippen molar-refractivity contribution in [1.82, 2.24) is 5.32 Å². The molecule has 1 saturated heterocycles. The summed E-state index contributed by atoms with van der Waals surface area (Å²) < 4.78 is 24.6. The summed E-state index contributed by atoms with van der Waals surface area (Å²) in [4.78, 5) is 0. The molecule has 0 bridgehead atoms. The lowest BCUT2D eigenvalue weighted by molar-refractivity contribution is 0.346. The van der Waals surface area contributed by atoms with Crippen molar-refractivity contribution < 1.29 is 13.9 Å². The fourth-order valence-electron chi connectivity index (χ4n) is 2.37. The van der Waals surface area contributed by atoms with Crippen LogP contribution in [0.5, 0.6) is 11.5 Å². The molecule has 1 aromatic rings. The Morgan fingerprint density at radius 1 is 1.44 bits per heavy atom. The number of rotatable bonds is 4. The second-order valence-electron chi connectivity index (χ2n) is 4.38. The maximum Gasteiger partial charge on any atom is 0.166 e. The summed E-state index contributed by atoms with van der Waals surface area (Å²) >= 11 is 5.88. The molecule has 2 rings (SSSR count). The average Bonchev–Trinajstić information content (AvgIpc) is 2.87. The molecular weight excluding hydrogens is 257 g/mol. The van der Waals surface area contributed by atoms with E-state index in [1.54, 1.807) is 0 Å². The first kappa shape index (κ1) is 13.4. The van der Waals surface area contributed by atoms with Gasteiger partial charge >= 0.3 is 0 Å². The van der Waals surface area contributed by atoms with Gasteiger partial charge in [-0.15, -0.1) is 0 Å². The van der Waals surface area contributed by atoms with E-state index in [4.69, 9.17) is 21.1 Å². The number of benzene rings is 1. The van der Waals surface area contributed by atoms with Crippen LogP contribution in [0, 0.1) is 5.82 Å². The van der Waals surface area contributed by atoms with E-state index < -0.39 is 5.82 Å². The molecule has 5 heteroatoms. The van der Waals surface area contributed by atoms with Gasteiger partial charge < -0.3 is 14.8 Å². The molecule has 1 aromatic carbocycles. The predicted octanol–water partition coefficient (Wildman–Crippen LogP) is 2.79. The summed E-state index contributed by atoms with van der Waals surface area (Å²) in [6, 6.07) is 1.72. The smallest absolute Gasteiger partial charge is 0.166 e. The zero-order valence-corrected chi connectivity index (χ0v) is 11.3. The SMILES string of the molecule is COc1cc(Cl)c(F)c(CC2CCCN2)c1OC. The lowest BCUT2D eigenvalue weighted by Gasteiger charge is -2.17. The van der Waals surface area contributed by atoms with Gasteiger partial charge in [-0.05, 0) is 25.8 Å². The topological polar surface area (TPSA) is 30.5 Å². The van der Waals surface area contributed by atoms with E-state index in [2.05, 4.69) is 5.32 Å². The van der Waals surface area contributed by atoms with Crippen LogP contribution in [0.1, 0.15) is 18.4 Å². The van der Waals surface area contributed by atoms with E-state index in [0.717, 1.165) is 19.4 Å². The third-order valence-corrected chi connectivity index (χ3v) is 3.54. The van der Waals surface area contributed by atoms with Crippen molar-refractivity contribution in [2.45, 2.75) is 25.3 Å². The highest BCUT2D eigenvalue weighted by Crippen LogP contribution is 2.38. The van der Waals surface area contributed by atoms with Gasteiger partial charge in [0.1, 0.15) is 5.82 Å². The fraction of sp³-hybridized carbons (Fsp3) is 0.538. The Kier molecular flexibility index (Phi) is 4.30. The molecule has 1 aliphatic heterocycles. The van der Waals surface area contributed by atoms with E-state index in [9.17, 15) is 4.39 Å². The normalized spacial score (nSPS) is 19.0. The summed E-state index contributed by atoms with van der Waals surface area (Å²) in [5.74, 6) is 0.494. The molecule has 100 valence electrons. The molecule has 0 aromatic heterocycles. The molecule has 18 heavy (non-hydrogen) atoms. The van der Waals surface area contributed by atoms with Crippen molar-refractivity contribution in [3.8, 4) is 11.5 Å². The van der Waals surface area contributed by atoms with Crippen molar-refractivity contribution in [1.29, 1.82) is 0 Å². The summed E-state index contributed by atoms with van der Waals surface area (Å²) in [6.07, 6.45) is 2.72.